The van der Waals surface area contributed by atoms with E-state index in [1.807, 2.05) is 27.7 Å². The van der Waals surface area contributed by atoms with Gasteiger partial charge < -0.3 is 10.2 Å². The molecule has 0 rings (SSSR count). The van der Waals surface area contributed by atoms with Gasteiger partial charge in [0.05, 0.1) is 12.2 Å². The van der Waals surface area contributed by atoms with E-state index in [1.165, 1.54) is 0 Å². The molecule has 10 heavy (non-hydrogen) atoms. The molecule has 2 nitrogen and oxygen atoms in total. The summed E-state index contributed by atoms with van der Waals surface area (Å²) in [6.07, 6.45) is -0.587. The first-order chi connectivity index (χ1) is 4.39. The van der Waals surface area contributed by atoms with Crippen LogP contribution in [0.4, 0.5) is 0 Å². The van der Waals surface area contributed by atoms with Crippen LogP contribution in [0.2, 0.25) is 0 Å². The zero-order chi connectivity index (χ0) is 8.36. The maximum absolute atomic E-state index is 9.40. The fraction of sp³-hybridized carbons (Fsp3) is 1.00. The van der Waals surface area contributed by atoms with Crippen molar-refractivity contribution in [1.82, 2.24) is 0 Å². The van der Waals surface area contributed by atoms with E-state index in [4.69, 9.17) is 0 Å². The van der Waals surface area contributed by atoms with Crippen LogP contribution in [0.25, 0.3) is 0 Å². The molecule has 2 heteroatoms. The van der Waals surface area contributed by atoms with Crippen LogP contribution in [0, 0.1) is 5.41 Å². The molecular weight excluding hydrogens is 128 g/mol. The third kappa shape index (κ3) is 2.67. The summed E-state index contributed by atoms with van der Waals surface area (Å²) in [5, 5.41) is 18.6. The van der Waals surface area contributed by atoms with Crippen LogP contribution in [0.3, 0.4) is 0 Å². The van der Waals surface area contributed by atoms with E-state index in [-0.39, 0.29) is 5.41 Å². The number of rotatable bonds is 2. The molecule has 0 bridgehead atoms. The van der Waals surface area contributed by atoms with Crippen molar-refractivity contribution in [3.63, 3.8) is 0 Å². The Hall–Kier alpha value is -0.0800. The molecule has 0 amide bonds. The van der Waals surface area contributed by atoms with Crippen LogP contribution >= 0.6 is 0 Å². The first-order valence-electron chi connectivity index (χ1n) is 3.75. The summed E-state index contributed by atoms with van der Waals surface area (Å²) in [4.78, 5) is 0. The highest BCUT2D eigenvalue weighted by molar-refractivity contribution is 4.78. The fourth-order valence-electron chi connectivity index (χ4n) is 0.800. The van der Waals surface area contributed by atoms with Crippen molar-refractivity contribution in [3.05, 3.63) is 0 Å². The highest BCUT2D eigenvalue weighted by Gasteiger charge is 2.27. The Kier molecular flexibility index (Phi) is 3.33. The first kappa shape index (κ1) is 9.92. The van der Waals surface area contributed by atoms with Crippen molar-refractivity contribution in [2.45, 2.75) is 46.3 Å². The van der Waals surface area contributed by atoms with Gasteiger partial charge in [-0.3, -0.25) is 0 Å². The van der Waals surface area contributed by atoms with E-state index in [0.717, 1.165) is 0 Å². The SMILES string of the molecule is CCC(O)C(O)C(C)(C)C. The average molecular weight is 146 g/mol. The van der Waals surface area contributed by atoms with E-state index >= 15 is 0 Å². The molecule has 2 unspecified atom stereocenters. The Balaban J connectivity index is 3.94. The van der Waals surface area contributed by atoms with E-state index in [1.54, 1.807) is 0 Å². The second kappa shape index (κ2) is 3.35. The van der Waals surface area contributed by atoms with Crippen LogP contribution < -0.4 is 0 Å². The summed E-state index contributed by atoms with van der Waals surface area (Å²) in [7, 11) is 0. The van der Waals surface area contributed by atoms with E-state index in [9.17, 15) is 10.2 Å². The standard InChI is InChI=1S/C8H18O2/c1-5-6(9)7(10)8(2,3)4/h6-7,9-10H,5H2,1-4H3. The lowest BCUT2D eigenvalue weighted by Crippen LogP contribution is -2.37. The Morgan fingerprint density at radius 2 is 1.60 bits per heavy atom. The molecule has 2 atom stereocenters. The number of hydrogen-bond donors (Lipinski definition) is 2. The Labute approximate surface area is 62.9 Å². The van der Waals surface area contributed by atoms with Crippen LogP contribution in [-0.4, -0.2) is 22.4 Å². The van der Waals surface area contributed by atoms with Gasteiger partial charge in [0, 0.05) is 0 Å². The molecule has 2 N–H and O–H groups in total. The van der Waals surface area contributed by atoms with Crippen LogP contribution in [0.5, 0.6) is 0 Å². The first-order valence-corrected chi connectivity index (χ1v) is 3.75. The lowest BCUT2D eigenvalue weighted by atomic mass is 9.85. The maximum Gasteiger partial charge on any atom is 0.0847 e. The predicted octanol–water partition coefficient (Wildman–Crippen LogP) is 1.16. The molecule has 0 fully saturated rings. The zero-order valence-electron chi connectivity index (χ0n) is 7.26. The summed E-state index contributed by atoms with van der Waals surface area (Å²) in [5.74, 6) is 0. The number of aliphatic hydroxyl groups is 2. The second-order valence-electron chi connectivity index (χ2n) is 3.79. The topological polar surface area (TPSA) is 40.5 Å². The summed E-state index contributed by atoms with van der Waals surface area (Å²) >= 11 is 0. The average Bonchev–Trinajstić information content (AvgIpc) is 1.83. The molecule has 0 aliphatic carbocycles. The van der Waals surface area contributed by atoms with Crippen molar-refractivity contribution in [1.29, 1.82) is 0 Å². The van der Waals surface area contributed by atoms with Gasteiger partial charge in [0.1, 0.15) is 0 Å². The molecule has 0 spiro atoms. The third-order valence-electron chi connectivity index (χ3n) is 1.67. The third-order valence-corrected chi connectivity index (χ3v) is 1.67. The second-order valence-corrected chi connectivity index (χ2v) is 3.79. The van der Waals surface area contributed by atoms with Gasteiger partial charge in [0.15, 0.2) is 0 Å². The van der Waals surface area contributed by atoms with Gasteiger partial charge in [-0.2, -0.15) is 0 Å². The van der Waals surface area contributed by atoms with Gasteiger partial charge in [-0.05, 0) is 11.8 Å². The molecular formula is C8H18O2. The molecule has 0 saturated carbocycles. The van der Waals surface area contributed by atoms with Gasteiger partial charge in [-0.1, -0.05) is 27.7 Å². The molecule has 0 aliphatic heterocycles. The van der Waals surface area contributed by atoms with Crippen molar-refractivity contribution in [3.8, 4) is 0 Å². The number of hydrogen-bond acceptors (Lipinski definition) is 2. The van der Waals surface area contributed by atoms with Crippen molar-refractivity contribution in [2.75, 3.05) is 0 Å². The van der Waals surface area contributed by atoms with E-state index in [0.29, 0.717) is 6.42 Å². The minimum absolute atomic E-state index is 0.213. The minimum Gasteiger partial charge on any atom is -0.390 e. The lowest BCUT2D eigenvalue weighted by Gasteiger charge is -2.29. The summed E-state index contributed by atoms with van der Waals surface area (Å²) < 4.78 is 0. The van der Waals surface area contributed by atoms with Crippen LogP contribution in [-0.2, 0) is 0 Å². The molecule has 0 radical (unpaired) electrons. The Morgan fingerprint density at radius 3 is 1.70 bits per heavy atom. The summed E-state index contributed by atoms with van der Waals surface area (Å²) in [6, 6.07) is 0. The predicted molar refractivity (Wildman–Crippen MR) is 41.8 cm³/mol. The van der Waals surface area contributed by atoms with Crippen molar-refractivity contribution in [2.24, 2.45) is 5.41 Å². The fourth-order valence-corrected chi connectivity index (χ4v) is 0.800. The van der Waals surface area contributed by atoms with Gasteiger partial charge in [0.25, 0.3) is 0 Å². The minimum atomic E-state index is -0.613. The highest BCUT2D eigenvalue weighted by Crippen LogP contribution is 2.22. The molecule has 0 aromatic rings. The number of aliphatic hydroxyl groups excluding tert-OH is 2. The summed E-state index contributed by atoms with van der Waals surface area (Å²) in [6.45, 7) is 7.60. The molecule has 0 heterocycles. The van der Waals surface area contributed by atoms with Gasteiger partial charge in [-0.25, -0.2) is 0 Å². The smallest absolute Gasteiger partial charge is 0.0847 e. The van der Waals surface area contributed by atoms with E-state index < -0.39 is 12.2 Å². The lowest BCUT2D eigenvalue weighted by molar-refractivity contribution is -0.0451. The zero-order valence-corrected chi connectivity index (χ0v) is 7.26. The van der Waals surface area contributed by atoms with Gasteiger partial charge in [0.2, 0.25) is 0 Å². The molecule has 0 aromatic heterocycles. The van der Waals surface area contributed by atoms with Crippen molar-refractivity contribution >= 4 is 0 Å². The van der Waals surface area contributed by atoms with Gasteiger partial charge in [-0.15, -0.1) is 0 Å². The largest absolute Gasteiger partial charge is 0.390 e. The van der Waals surface area contributed by atoms with Crippen molar-refractivity contribution < 1.29 is 10.2 Å². The van der Waals surface area contributed by atoms with Gasteiger partial charge >= 0.3 is 0 Å². The maximum atomic E-state index is 9.40. The quantitative estimate of drug-likeness (QED) is 0.614. The Bertz CT molecular complexity index is 93.9. The van der Waals surface area contributed by atoms with Crippen LogP contribution in [0.15, 0.2) is 0 Å². The molecule has 0 aromatic carbocycles. The molecule has 62 valence electrons. The summed E-state index contributed by atoms with van der Waals surface area (Å²) in [5.41, 5.74) is -0.213. The normalized spacial score (nSPS) is 18.6. The Morgan fingerprint density at radius 1 is 1.20 bits per heavy atom. The van der Waals surface area contributed by atoms with Crippen LogP contribution in [0.1, 0.15) is 34.1 Å². The van der Waals surface area contributed by atoms with E-state index in [2.05, 4.69) is 0 Å². The molecule has 0 saturated heterocycles. The molecule has 0 aliphatic rings. The highest BCUT2D eigenvalue weighted by atomic mass is 16.3. The monoisotopic (exact) mass is 146 g/mol.